The fourth-order valence-corrected chi connectivity index (χ4v) is 2.39. The lowest BCUT2D eigenvalue weighted by atomic mass is 9.96. The van der Waals surface area contributed by atoms with E-state index in [4.69, 9.17) is 5.73 Å². The first-order valence-corrected chi connectivity index (χ1v) is 7.78. The summed E-state index contributed by atoms with van der Waals surface area (Å²) >= 11 is 0. The van der Waals surface area contributed by atoms with Gasteiger partial charge in [-0.3, -0.25) is 4.79 Å². The summed E-state index contributed by atoms with van der Waals surface area (Å²) in [5.74, 6) is 0.768. The van der Waals surface area contributed by atoms with Crippen LogP contribution in [0.1, 0.15) is 53.4 Å². The van der Waals surface area contributed by atoms with Crippen LogP contribution in [-0.4, -0.2) is 43.0 Å². The Morgan fingerprint density at radius 3 is 2.32 bits per heavy atom. The number of carbonyl (C=O) groups is 1. The lowest BCUT2D eigenvalue weighted by molar-refractivity contribution is -0.122. The summed E-state index contributed by atoms with van der Waals surface area (Å²) in [6.07, 6.45) is 3.72. The Hall–Kier alpha value is -0.610. The molecule has 0 aromatic rings. The Kier molecular flexibility index (Phi) is 10.9. The van der Waals surface area contributed by atoms with Crippen molar-refractivity contribution in [1.29, 1.82) is 0 Å². The number of carbonyl (C=O) groups excluding carboxylic acids is 1. The molecule has 0 aliphatic heterocycles. The third-order valence-corrected chi connectivity index (χ3v) is 3.77. The highest BCUT2D eigenvalue weighted by Gasteiger charge is 2.12. The molecule has 0 aromatic carbocycles. The molecule has 0 rings (SSSR count). The van der Waals surface area contributed by atoms with Gasteiger partial charge in [0, 0.05) is 19.0 Å². The predicted molar refractivity (Wildman–Crippen MR) is 82.1 cm³/mol. The van der Waals surface area contributed by atoms with Crippen molar-refractivity contribution in [2.45, 2.75) is 59.4 Å². The standard InChI is InChI=1S/C15H33N3O/c1-5-14(10-11-16)8-9-15(19)17-13(4)12-18(6-2)7-3/h13-14H,5-12,16H2,1-4H3,(H,17,19). The summed E-state index contributed by atoms with van der Waals surface area (Å²) < 4.78 is 0. The molecule has 0 saturated heterocycles. The van der Waals surface area contributed by atoms with Crippen molar-refractivity contribution in [3.05, 3.63) is 0 Å². The van der Waals surface area contributed by atoms with Gasteiger partial charge in [0.2, 0.25) is 5.91 Å². The first-order chi connectivity index (χ1) is 9.07. The van der Waals surface area contributed by atoms with Crippen molar-refractivity contribution in [2.75, 3.05) is 26.2 Å². The van der Waals surface area contributed by atoms with Crippen molar-refractivity contribution >= 4 is 5.91 Å². The average Bonchev–Trinajstić information content (AvgIpc) is 2.40. The zero-order valence-electron chi connectivity index (χ0n) is 13.2. The first kappa shape index (κ1) is 18.4. The zero-order chi connectivity index (χ0) is 14.7. The van der Waals surface area contributed by atoms with Gasteiger partial charge >= 0.3 is 0 Å². The molecule has 0 heterocycles. The van der Waals surface area contributed by atoms with Crippen LogP contribution in [0.3, 0.4) is 0 Å². The van der Waals surface area contributed by atoms with Crippen LogP contribution in [0.4, 0.5) is 0 Å². The molecule has 0 bridgehead atoms. The van der Waals surface area contributed by atoms with E-state index >= 15 is 0 Å². The first-order valence-electron chi connectivity index (χ1n) is 7.78. The number of hydrogen-bond acceptors (Lipinski definition) is 3. The number of nitrogens with zero attached hydrogens (tertiary/aromatic N) is 1. The van der Waals surface area contributed by atoms with Crippen LogP contribution < -0.4 is 11.1 Å². The van der Waals surface area contributed by atoms with Crippen molar-refractivity contribution in [1.82, 2.24) is 10.2 Å². The summed E-state index contributed by atoms with van der Waals surface area (Å²) in [5, 5.41) is 3.09. The fraction of sp³-hybridized carbons (Fsp3) is 0.933. The van der Waals surface area contributed by atoms with Gasteiger partial charge in [0.05, 0.1) is 0 Å². The molecular formula is C15H33N3O. The summed E-state index contributed by atoms with van der Waals surface area (Å²) in [5.41, 5.74) is 5.57. The van der Waals surface area contributed by atoms with Gasteiger partial charge in [0.15, 0.2) is 0 Å². The molecule has 0 aliphatic rings. The molecule has 114 valence electrons. The van der Waals surface area contributed by atoms with Crippen molar-refractivity contribution in [3.63, 3.8) is 0 Å². The molecule has 0 radical (unpaired) electrons. The van der Waals surface area contributed by atoms with Gasteiger partial charge in [-0.05, 0) is 45.3 Å². The minimum absolute atomic E-state index is 0.176. The van der Waals surface area contributed by atoms with Crippen LogP contribution in [0.2, 0.25) is 0 Å². The molecule has 19 heavy (non-hydrogen) atoms. The van der Waals surface area contributed by atoms with Gasteiger partial charge in [-0.15, -0.1) is 0 Å². The minimum Gasteiger partial charge on any atom is -0.352 e. The molecule has 2 atom stereocenters. The van der Waals surface area contributed by atoms with Gasteiger partial charge in [0.25, 0.3) is 0 Å². The van der Waals surface area contributed by atoms with Crippen LogP contribution >= 0.6 is 0 Å². The molecule has 1 amide bonds. The molecule has 0 saturated carbocycles. The van der Waals surface area contributed by atoms with Gasteiger partial charge in [-0.1, -0.05) is 27.2 Å². The van der Waals surface area contributed by atoms with Crippen LogP contribution in [0, 0.1) is 5.92 Å². The van der Waals surface area contributed by atoms with E-state index in [1.54, 1.807) is 0 Å². The number of rotatable bonds is 11. The highest BCUT2D eigenvalue weighted by atomic mass is 16.1. The molecule has 0 aromatic heterocycles. The van der Waals surface area contributed by atoms with Crippen molar-refractivity contribution in [3.8, 4) is 0 Å². The second kappa shape index (κ2) is 11.2. The number of nitrogens with two attached hydrogens (primary N) is 1. The SMILES string of the molecule is CCC(CCN)CCC(=O)NC(C)CN(CC)CC. The maximum Gasteiger partial charge on any atom is 0.220 e. The summed E-state index contributed by atoms with van der Waals surface area (Å²) in [6, 6.07) is 0.224. The summed E-state index contributed by atoms with van der Waals surface area (Å²) in [6.45, 7) is 12.3. The van der Waals surface area contributed by atoms with E-state index in [1.165, 1.54) is 0 Å². The summed E-state index contributed by atoms with van der Waals surface area (Å²) in [4.78, 5) is 14.2. The van der Waals surface area contributed by atoms with E-state index in [0.29, 0.717) is 12.3 Å². The topological polar surface area (TPSA) is 58.4 Å². The molecule has 4 heteroatoms. The van der Waals surface area contributed by atoms with Gasteiger partial charge < -0.3 is 16.0 Å². The van der Waals surface area contributed by atoms with Crippen LogP contribution in [0.5, 0.6) is 0 Å². The predicted octanol–water partition coefficient (Wildman–Crippen LogP) is 1.99. The Labute approximate surface area is 119 Å². The summed E-state index contributed by atoms with van der Waals surface area (Å²) in [7, 11) is 0. The monoisotopic (exact) mass is 271 g/mol. The van der Waals surface area contributed by atoms with E-state index in [9.17, 15) is 4.79 Å². The van der Waals surface area contributed by atoms with Crippen LogP contribution in [0.25, 0.3) is 0 Å². The molecule has 0 spiro atoms. The number of amides is 1. The molecule has 4 nitrogen and oxygen atoms in total. The smallest absolute Gasteiger partial charge is 0.220 e. The molecule has 2 unspecified atom stereocenters. The number of hydrogen-bond donors (Lipinski definition) is 2. The third-order valence-electron chi connectivity index (χ3n) is 3.77. The van der Waals surface area contributed by atoms with Crippen molar-refractivity contribution < 1.29 is 4.79 Å². The lowest BCUT2D eigenvalue weighted by Gasteiger charge is -2.23. The zero-order valence-corrected chi connectivity index (χ0v) is 13.2. The van der Waals surface area contributed by atoms with E-state index in [1.807, 2.05) is 0 Å². The second-order valence-electron chi connectivity index (χ2n) is 5.34. The molecule has 3 N–H and O–H groups in total. The molecule has 0 aliphatic carbocycles. The molecule has 0 fully saturated rings. The van der Waals surface area contributed by atoms with Gasteiger partial charge in [0.1, 0.15) is 0 Å². The Morgan fingerprint density at radius 1 is 1.21 bits per heavy atom. The Balaban J connectivity index is 3.89. The minimum atomic E-state index is 0.176. The van der Waals surface area contributed by atoms with E-state index in [0.717, 1.165) is 45.4 Å². The van der Waals surface area contributed by atoms with E-state index in [2.05, 4.69) is 37.9 Å². The van der Waals surface area contributed by atoms with Crippen molar-refractivity contribution in [2.24, 2.45) is 11.7 Å². The number of nitrogens with one attached hydrogen (secondary N) is 1. The normalized spacial score (nSPS) is 14.4. The maximum atomic E-state index is 11.9. The Bertz CT molecular complexity index is 229. The highest BCUT2D eigenvalue weighted by molar-refractivity contribution is 5.76. The van der Waals surface area contributed by atoms with E-state index in [-0.39, 0.29) is 11.9 Å². The second-order valence-corrected chi connectivity index (χ2v) is 5.34. The largest absolute Gasteiger partial charge is 0.352 e. The Morgan fingerprint density at radius 2 is 1.84 bits per heavy atom. The lowest BCUT2D eigenvalue weighted by Crippen LogP contribution is -2.42. The van der Waals surface area contributed by atoms with E-state index < -0.39 is 0 Å². The van der Waals surface area contributed by atoms with Crippen LogP contribution in [0.15, 0.2) is 0 Å². The average molecular weight is 271 g/mol. The quantitative estimate of drug-likeness (QED) is 0.604. The maximum absolute atomic E-state index is 11.9. The number of likely N-dealkylation sites (N-methyl/N-ethyl adjacent to an activating group) is 1. The highest BCUT2D eigenvalue weighted by Crippen LogP contribution is 2.14. The van der Waals surface area contributed by atoms with Gasteiger partial charge in [-0.25, -0.2) is 0 Å². The fourth-order valence-electron chi connectivity index (χ4n) is 2.39. The van der Waals surface area contributed by atoms with Gasteiger partial charge in [-0.2, -0.15) is 0 Å². The molecular weight excluding hydrogens is 238 g/mol. The third kappa shape index (κ3) is 9.00. The van der Waals surface area contributed by atoms with Crippen LogP contribution in [-0.2, 0) is 4.79 Å².